The van der Waals surface area contributed by atoms with Gasteiger partial charge in [0.05, 0.1) is 35.6 Å². The summed E-state index contributed by atoms with van der Waals surface area (Å²) in [6.07, 6.45) is 13.8. The molecule has 0 bridgehead atoms. The van der Waals surface area contributed by atoms with Crippen molar-refractivity contribution in [3.8, 4) is 11.4 Å². The molecule has 0 saturated carbocycles. The molecule has 0 fully saturated rings. The highest BCUT2D eigenvalue weighted by atomic mass is 15.5. The lowest BCUT2D eigenvalue weighted by atomic mass is 10.1. The number of nitrogens with one attached hydrogen (secondary N) is 1. The van der Waals surface area contributed by atoms with E-state index < -0.39 is 0 Å². The Morgan fingerprint density at radius 2 is 0.897 bits per heavy atom. The van der Waals surface area contributed by atoms with Crippen LogP contribution < -0.4 is 14.7 Å². The molecule has 10 heteroatoms. The van der Waals surface area contributed by atoms with Crippen LogP contribution in [0.1, 0.15) is 73.9 Å². The molecule has 0 radical (unpaired) electrons. The van der Waals surface area contributed by atoms with Gasteiger partial charge in [-0.2, -0.15) is 10.2 Å². The van der Waals surface area contributed by atoms with Crippen LogP contribution in [0.4, 0.5) is 23.0 Å². The summed E-state index contributed by atoms with van der Waals surface area (Å²) < 4.78 is 9.12. The normalized spacial score (nSPS) is 11.9. The van der Waals surface area contributed by atoms with Crippen LogP contribution >= 0.6 is 0 Å². The second-order valence-corrected chi connectivity index (χ2v) is 20.3. The van der Waals surface area contributed by atoms with E-state index in [-0.39, 0.29) is 0 Å². The summed E-state index contributed by atoms with van der Waals surface area (Å²) in [7, 11) is 0. The summed E-state index contributed by atoms with van der Waals surface area (Å²) in [5.74, 6) is 1.65. The molecule has 12 aromatic rings. The number of benzene rings is 8. The monoisotopic (exact) mass is 1020 g/mol. The predicted molar refractivity (Wildman–Crippen MR) is 324 cm³/mol. The highest BCUT2D eigenvalue weighted by Crippen LogP contribution is 2.33. The van der Waals surface area contributed by atoms with E-state index in [1.54, 1.807) is 0 Å². The molecule has 0 aliphatic carbocycles. The van der Waals surface area contributed by atoms with Crippen LogP contribution in [0.15, 0.2) is 229 Å². The third-order valence-corrected chi connectivity index (χ3v) is 15.0. The van der Waals surface area contributed by atoms with Gasteiger partial charge in [-0.05, 0) is 104 Å². The average molecular weight is 1020 g/mol. The summed E-state index contributed by atoms with van der Waals surface area (Å²) >= 11 is 0. The first-order valence-electron chi connectivity index (χ1n) is 27.6. The van der Waals surface area contributed by atoms with E-state index in [1.807, 2.05) is 75.7 Å². The molecule has 0 spiro atoms. The van der Waals surface area contributed by atoms with Gasteiger partial charge in [-0.3, -0.25) is 0 Å². The van der Waals surface area contributed by atoms with E-state index >= 15 is 0 Å². The fraction of sp³-hybridized carbons (Fsp3) is 0.176. The molecule has 10 nitrogen and oxygen atoms in total. The number of aryl methyl sites for hydroxylation is 4. The largest absolute Gasteiger partial charge is 0.340 e. The number of H-pyrrole nitrogens is 1. The Morgan fingerprint density at radius 1 is 0.449 bits per heavy atom. The summed E-state index contributed by atoms with van der Waals surface area (Å²) in [5, 5.41) is 27.7. The maximum absolute atomic E-state index is 5.09. The molecule has 8 aromatic carbocycles. The minimum Gasteiger partial charge on any atom is -0.340 e. The van der Waals surface area contributed by atoms with Gasteiger partial charge in [0.1, 0.15) is 0 Å². The van der Waals surface area contributed by atoms with Gasteiger partial charge in [-0.15, -0.1) is 10.2 Å². The van der Waals surface area contributed by atoms with Gasteiger partial charge in [0.2, 0.25) is 11.4 Å². The Bertz CT molecular complexity index is 3750. The van der Waals surface area contributed by atoms with E-state index in [1.165, 1.54) is 82.1 Å². The van der Waals surface area contributed by atoms with Crippen molar-refractivity contribution in [3.63, 3.8) is 0 Å². The number of aromatic amines is 1. The first kappa shape index (κ1) is 49.6. The van der Waals surface area contributed by atoms with Crippen molar-refractivity contribution in [2.24, 2.45) is 10.2 Å². The lowest BCUT2D eigenvalue weighted by Gasteiger charge is -2.16. The van der Waals surface area contributed by atoms with Gasteiger partial charge in [-0.1, -0.05) is 165 Å². The number of fused-ring (bicyclic) bond motifs is 6. The molecule has 0 saturated heterocycles. The molecule has 4 aromatic heterocycles. The van der Waals surface area contributed by atoms with Crippen LogP contribution in [0.5, 0.6) is 0 Å². The zero-order valence-corrected chi connectivity index (χ0v) is 44.5. The van der Waals surface area contributed by atoms with Crippen molar-refractivity contribution in [3.05, 3.63) is 241 Å². The number of aromatic nitrogens is 6. The molecule has 78 heavy (non-hydrogen) atoms. The van der Waals surface area contributed by atoms with Crippen LogP contribution in [-0.2, 0) is 13.1 Å². The first-order chi connectivity index (χ1) is 38.5. The van der Waals surface area contributed by atoms with E-state index in [9.17, 15) is 0 Å². The average Bonchev–Trinajstić information content (AvgIpc) is 4.39. The lowest BCUT2D eigenvalue weighted by Crippen LogP contribution is -2.35. The molecule has 0 aliphatic rings. The van der Waals surface area contributed by atoms with Crippen molar-refractivity contribution in [2.75, 3.05) is 10.0 Å². The second kappa shape index (κ2) is 22.9. The maximum Gasteiger partial charge on any atom is 0.235 e. The van der Waals surface area contributed by atoms with Gasteiger partial charge in [-0.25, -0.2) is 14.7 Å². The van der Waals surface area contributed by atoms with Crippen LogP contribution in [-0.4, -0.2) is 36.4 Å². The fourth-order valence-corrected chi connectivity index (χ4v) is 11.1. The molecule has 4 heterocycles. The number of unbranched alkanes of at least 4 members (excludes halogenated alkanes) is 7. The van der Waals surface area contributed by atoms with Crippen molar-refractivity contribution >= 4 is 79.1 Å². The molecule has 12 rings (SSSR count). The SMILES string of the molecule is Cc1cc(N(/N=C/c2ccc3c(c2)c2ccccc2n3CCCCCCCCCCn2c3ccccc3c3cc(/C=N/N(c4ccccc4)c4cc(C)[n+](-c5ccccc5)[nH]4)ccc32)c2ccccc2)nn1-c1ccccc1. The summed E-state index contributed by atoms with van der Waals surface area (Å²) in [4.78, 5) is 0. The van der Waals surface area contributed by atoms with Crippen LogP contribution in [0, 0.1) is 13.8 Å². The number of nitrogens with zero attached hydrogens (tertiary/aromatic N) is 9. The minimum atomic E-state index is 0.762. The number of rotatable bonds is 21. The van der Waals surface area contributed by atoms with Crippen LogP contribution in [0.2, 0.25) is 0 Å². The van der Waals surface area contributed by atoms with Gasteiger partial charge >= 0.3 is 0 Å². The van der Waals surface area contributed by atoms with E-state index in [0.717, 1.165) is 82.8 Å². The Balaban J connectivity index is 0.653. The fourth-order valence-electron chi connectivity index (χ4n) is 11.1. The summed E-state index contributed by atoms with van der Waals surface area (Å²) in [6.45, 7) is 6.20. The summed E-state index contributed by atoms with van der Waals surface area (Å²) in [5.41, 5.74) is 13.4. The Labute approximate surface area is 456 Å². The van der Waals surface area contributed by atoms with Crippen LogP contribution in [0.25, 0.3) is 55.0 Å². The molecular formula is C68H65N10+. The first-order valence-corrected chi connectivity index (χ1v) is 27.6. The Morgan fingerprint density at radius 3 is 1.45 bits per heavy atom. The molecule has 0 atom stereocenters. The van der Waals surface area contributed by atoms with Crippen LogP contribution in [0.3, 0.4) is 0 Å². The zero-order valence-electron chi connectivity index (χ0n) is 44.5. The van der Waals surface area contributed by atoms with Crippen molar-refractivity contribution in [1.29, 1.82) is 0 Å². The number of hydrogen-bond acceptors (Lipinski definition) is 5. The predicted octanol–water partition coefficient (Wildman–Crippen LogP) is 16.5. The van der Waals surface area contributed by atoms with Gasteiger partial charge in [0.25, 0.3) is 0 Å². The maximum atomic E-state index is 5.09. The van der Waals surface area contributed by atoms with E-state index in [2.05, 4.69) is 203 Å². The topological polar surface area (TPSA) is 78.6 Å². The lowest BCUT2D eigenvalue weighted by molar-refractivity contribution is -0.660. The van der Waals surface area contributed by atoms with Gasteiger partial charge in [0, 0.05) is 87.5 Å². The smallest absolute Gasteiger partial charge is 0.235 e. The number of anilines is 4. The molecular weight excluding hydrogens is 957 g/mol. The molecule has 0 unspecified atom stereocenters. The van der Waals surface area contributed by atoms with Crippen molar-refractivity contribution in [1.82, 2.24) is 24.0 Å². The van der Waals surface area contributed by atoms with E-state index in [0.29, 0.717) is 0 Å². The van der Waals surface area contributed by atoms with E-state index in [4.69, 9.17) is 15.3 Å². The molecule has 0 amide bonds. The van der Waals surface area contributed by atoms with Crippen molar-refractivity contribution in [2.45, 2.75) is 78.3 Å². The van der Waals surface area contributed by atoms with Gasteiger partial charge in [0.15, 0.2) is 11.6 Å². The highest BCUT2D eigenvalue weighted by Gasteiger charge is 2.21. The number of hydrogen-bond donors (Lipinski definition) is 1. The Hall–Kier alpha value is -9.28. The summed E-state index contributed by atoms with van der Waals surface area (Å²) in [6, 6.07) is 76.6. The highest BCUT2D eigenvalue weighted by molar-refractivity contribution is 6.10. The molecule has 0 aliphatic heterocycles. The third kappa shape index (κ3) is 10.5. The zero-order chi connectivity index (χ0) is 52.6. The van der Waals surface area contributed by atoms with Gasteiger partial charge < -0.3 is 9.13 Å². The third-order valence-electron chi connectivity index (χ3n) is 15.0. The second-order valence-electron chi connectivity index (χ2n) is 20.3. The standard InChI is InChI=1S/C68H64N10/c1-51-45-67(71-75(51)55-27-13-9-14-28-55)77(57-31-17-11-18-32-57)69-49-53-39-41-65-61(47-53)59-35-21-23-37-63(59)73(65)43-25-7-5-3-4-6-8-26-44-74-64-38-24-22-36-60(64)62-48-54(40-42-66(62)74)50-70-78(58-33-19-12-20-34-58)68-46-52(2)76(72-68)56-29-15-10-16-30-56/h9-24,27-42,45-50H,3-8,25-26,43-44H2,1-2H3/p+1/b69-49+,70-50+. The van der Waals surface area contributed by atoms with Crippen molar-refractivity contribution < 1.29 is 4.68 Å². The number of para-hydroxylation sites is 6. The molecule has 1 N–H and O–H groups in total. The number of hydrazone groups is 2. The minimum absolute atomic E-state index is 0.762. The quantitative estimate of drug-likeness (QED) is 0.0337. The Kier molecular flexibility index (Phi) is 14.6. The molecule has 386 valence electrons.